The first-order valence-corrected chi connectivity index (χ1v) is 5.77. The highest BCUT2D eigenvalue weighted by molar-refractivity contribution is 5.79. The minimum absolute atomic E-state index is 0.570. The van der Waals surface area contributed by atoms with Crippen molar-refractivity contribution in [2.75, 3.05) is 13.1 Å². The topological polar surface area (TPSA) is 49.6 Å². The number of rotatable bonds is 5. The number of guanidine groups is 1. The Kier molecular flexibility index (Phi) is 5.46. The molecule has 1 aromatic heterocycles. The van der Waals surface area contributed by atoms with Crippen LogP contribution in [-0.4, -0.2) is 19.0 Å². The normalized spacial score (nSPS) is 11.9. The summed E-state index contributed by atoms with van der Waals surface area (Å²) in [5, 5.41) is 6.48. The Morgan fingerprint density at radius 2 is 2.25 bits per heavy atom. The summed E-state index contributed by atoms with van der Waals surface area (Å²) in [5.74, 6) is 2.32. The number of aliphatic imine (C=N–C) groups is 1. The van der Waals surface area contributed by atoms with Crippen LogP contribution in [0.5, 0.6) is 0 Å². The first-order valence-electron chi connectivity index (χ1n) is 5.77. The summed E-state index contributed by atoms with van der Waals surface area (Å²) >= 11 is 0. The van der Waals surface area contributed by atoms with Gasteiger partial charge in [0, 0.05) is 13.1 Å². The Balaban J connectivity index is 2.44. The maximum Gasteiger partial charge on any atom is 0.191 e. The van der Waals surface area contributed by atoms with E-state index in [1.54, 1.807) is 6.26 Å². The molecule has 4 nitrogen and oxygen atoms in total. The van der Waals surface area contributed by atoms with Crippen LogP contribution in [0.4, 0.5) is 0 Å². The van der Waals surface area contributed by atoms with Crippen molar-refractivity contribution >= 4 is 5.96 Å². The first-order chi connectivity index (χ1) is 7.72. The van der Waals surface area contributed by atoms with E-state index < -0.39 is 0 Å². The Labute approximate surface area is 97.1 Å². The fourth-order valence-electron chi connectivity index (χ4n) is 1.20. The van der Waals surface area contributed by atoms with E-state index in [1.807, 2.05) is 12.1 Å². The quantitative estimate of drug-likeness (QED) is 0.593. The van der Waals surface area contributed by atoms with E-state index in [4.69, 9.17) is 4.42 Å². The molecular formula is C12H21N3O. The van der Waals surface area contributed by atoms with E-state index in [2.05, 4.69) is 36.4 Å². The molecule has 0 saturated carbocycles. The molecule has 0 bridgehead atoms. The molecule has 90 valence electrons. The average Bonchev–Trinajstić information content (AvgIpc) is 2.75. The Morgan fingerprint density at radius 1 is 1.44 bits per heavy atom. The van der Waals surface area contributed by atoms with Crippen LogP contribution in [0.1, 0.15) is 26.5 Å². The molecule has 0 radical (unpaired) electrons. The third kappa shape index (κ3) is 4.87. The number of furan rings is 1. The molecule has 0 fully saturated rings. The average molecular weight is 223 g/mol. The lowest BCUT2D eigenvalue weighted by atomic mass is 10.2. The van der Waals surface area contributed by atoms with Crippen LogP contribution in [0.15, 0.2) is 27.8 Å². The van der Waals surface area contributed by atoms with Gasteiger partial charge in [-0.1, -0.05) is 13.8 Å². The highest BCUT2D eigenvalue weighted by Gasteiger charge is 1.99. The van der Waals surface area contributed by atoms with E-state index in [9.17, 15) is 0 Å². The van der Waals surface area contributed by atoms with Gasteiger partial charge in [0.25, 0.3) is 0 Å². The monoisotopic (exact) mass is 223 g/mol. The Morgan fingerprint density at radius 3 is 2.81 bits per heavy atom. The van der Waals surface area contributed by atoms with Crippen molar-refractivity contribution in [2.45, 2.75) is 27.3 Å². The predicted molar refractivity (Wildman–Crippen MR) is 66.4 cm³/mol. The highest BCUT2D eigenvalue weighted by Crippen LogP contribution is 2.01. The van der Waals surface area contributed by atoms with Crippen molar-refractivity contribution in [1.82, 2.24) is 10.6 Å². The highest BCUT2D eigenvalue weighted by atomic mass is 16.3. The van der Waals surface area contributed by atoms with Gasteiger partial charge in [0.15, 0.2) is 5.96 Å². The van der Waals surface area contributed by atoms with Crippen LogP contribution in [0.3, 0.4) is 0 Å². The molecule has 1 aromatic rings. The largest absolute Gasteiger partial charge is 0.467 e. The third-order valence-corrected chi connectivity index (χ3v) is 2.00. The van der Waals surface area contributed by atoms with Gasteiger partial charge < -0.3 is 15.1 Å². The summed E-state index contributed by atoms with van der Waals surface area (Å²) in [4.78, 5) is 4.43. The molecule has 1 rings (SSSR count). The molecule has 0 atom stereocenters. The SMILES string of the molecule is CCNC(=NCc1ccco1)NCC(C)C. The van der Waals surface area contributed by atoms with Crippen LogP contribution >= 0.6 is 0 Å². The van der Waals surface area contributed by atoms with Gasteiger partial charge in [0.1, 0.15) is 12.3 Å². The van der Waals surface area contributed by atoms with Crippen molar-refractivity contribution in [3.63, 3.8) is 0 Å². The second kappa shape index (κ2) is 6.93. The van der Waals surface area contributed by atoms with Crippen LogP contribution < -0.4 is 10.6 Å². The number of hydrogen-bond acceptors (Lipinski definition) is 2. The summed E-state index contributed by atoms with van der Waals surface area (Å²) in [5.41, 5.74) is 0. The van der Waals surface area contributed by atoms with Crippen LogP contribution in [0.2, 0.25) is 0 Å². The van der Waals surface area contributed by atoms with Crippen molar-refractivity contribution in [3.05, 3.63) is 24.2 Å². The Hall–Kier alpha value is -1.45. The summed E-state index contributed by atoms with van der Waals surface area (Å²) < 4.78 is 5.22. The fraction of sp³-hybridized carbons (Fsp3) is 0.583. The van der Waals surface area contributed by atoms with E-state index >= 15 is 0 Å². The van der Waals surface area contributed by atoms with E-state index in [0.717, 1.165) is 24.8 Å². The summed E-state index contributed by atoms with van der Waals surface area (Å²) in [6.07, 6.45) is 1.67. The van der Waals surface area contributed by atoms with Gasteiger partial charge in [-0.05, 0) is 25.0 Å². The van der Waals surface area contributed by atoms with E-state index in [1.165, 1.54) is 0 Å². The van der Waals surface area contributed by atoms with E-state index in [0.29, 0.717) is 12.5 Å². The molecule has 0 aliphatic heterocycles. The summed E-state index contributed by atoms with van der Waals surface area (Å²) in [6.45, 7) is 8.75. The second-order valence-corrected chi connectivity index (χ2v) is 4.05. The number of nitrogens with one attached hydrogen (secondary N) is 2. The van der Waals surface area contributed by atoms with Crippen LogP contribution in [0.25, 0.3) is 0 Å². The first kappa shape index (κ1) is 12.6. The van der Waals surface area contributed by atoms with Gasteiger partial charge in [0.2, 0.25) is 0 Å². The van der Waals surface area contributed by atoms with Gasteiger partial charge in [-0.3, -0.25) is 0 Å². The molecule has 0 spiro atoms. The molecule has 0 unspecified atom stereocenters. The summed E-state index contributed by atoms with van der Waals surface area (Å²) in [7, 11) is 0. The molecule has 2 N–H and O–H groups in total. The van der Waals surface area contributed by atoms with Gasteiger partial charge in [-0.15, -0.1) is 0 Å². The predicted octanol–water partition coefficient (Wildman–Crippen LogP) is 1.99. The lowest BCUT2D eigenvalue weighted by Gasteiger charge is -2.12. The minimum atomic E-state index is 0.570. The lowest BCUT2D eigenvalue weighted by Crippen LogP contribution is -2.39. The fourth-order valence-corrected chi connectivity index (χ4v) is 1.20. The zero-order valence-electron chi connectivity index (χ0n) is 10.3. The zero-order chi connectivity index (χ0) is 11.8. The van der Waals surface area contributed by atoms with Gasteiger partial charge >= 0.3 is 0 Å². The van der Waals surface area contributed by atoms with Gasteiger partial charge in [0.05, 0.1) is 6.26 Å². The van der Waals surface area contributed by atoms with Crippen molar-refractivity contribution < 1.29 is 4.42 Å². The van der Waals surface area contributed by atoms with Crippen LogP contribution in [-0.2, 0) is 6.54 Å². The second-order valence-electron chi connectivity index (χ2n) is 4.05. The molecule has 0 aliphatic rings. The van der Waals surface area contributed by atoms with Crippen molar-refractivity contribution in [1.29, 1.82) is 0 Å². The van der Waals surface area contributed by atoms with E-state index in [-0.39, 0.29) is 0 Å². The maximum absolute atomic E-state index is 5.22. The zero-order valence-corrected chi connectivity index (χ0v) is 10.3. The molecule has 16 heavy (non-hydrogen) atoms. The lowest BCUT2D eigenvalue weighted by molar-refractivity contribution is 0.511. The number of hydrogen-bond donors (Lipinski definition) is 2. The molecule has 0 amide bonds. The molecule has 0 aliphatic carbocycles. The third-order valence-electron chi connectivity index (χ3n) is 2.00. The molecular weight excluding hydrogens is 202 g/mol. The maximum atomic E-state index is 5.22. The van der Waals surface area contributed by atoms with Crippen LogP contribution in [0, 0.1) is 5.92 Å². The summed E-state index contributed by atoms with van der Waals surface area (Å²) in [6, 6.07) is 3.80. The van der Waals surface area contributed by atoms with Gasteiger partial charge in [-0.25, -0.2) is 4.99 Å². The van der Waals surface area contributed by atoms with Crippen molar-refractivity contribution in [2.24, 2.45) is 10.9 Å². The minimum Gasteiger partial charge on any atom is -0.467 e. The smallest absolute Gasteiger partial charge is 0.191 e. The standard InChI is InChI=1S/C12H21N3O/c1-4-13-12(14-8-10(2)3)15-9-11-6-5-7-16-11/h5-7,10H,4,8-9H2,1-3H3,(H2,13,14,15). The molecule has 1 heterocycles. The molecule has 4 heteroatoms. The molecule has 0 saturated heterocycles. The van der Waals surface area contributed by atoms with Gasteiger partial charge in [-0.2, -0.15) is 0 Å². The molecule has 0 aromatic carbocycles. The Bertz CT molecular complexity index is 304. The van der Waals surface area contributed by atoms with Crippen molar-refractivity contribution in [3.8, 4) is 0 Å². The number of nitrogens with zero attached hydrogens (tertiary/aromatic N) is 1.